The fourth-order valence-corrected chi connectivity index (χ4v) is 9.71. The van der Waals surface area contributed by atoms with E-state index in [0.29, 0.717) is 32.7 Å². The van der Waals surface area contributed by atoms with Crippen LogP contribution in [0, 0.1) is 11.8 Å². The number of rotatable bonds is 9. The molecule has 2 fully saturated rings. The molecule has 1 unspecified atom stereocenters. The number of carbonyl (C=O) groups excluding carboxylic acids is 3. The summed E-state index contributed by atoms with van der Waals surface area (Å²) in [7, 11) is 0. The first-order chi connectivity index (χ1) is 22.9. The topological polar surface area (TPSA) is 90.4 Å². The third-order valence-corrected chi connectivity index (χ3v) is 11.5. The van der Waals surface area contributed by atoms with Crippen LogP contribution in [0.25, 0.3) is 0 Å². The number of fused-ring (bicyclic) bond motifs is 2. The fourth-order valence-electron chi connectivity index (χ4n) is 7.72. The van der Waals surface area contributed by atoms with Crippen molar-refractivity contribution in [2.24, 2.45) is 11.8 Å². The Morgan fingerprint density at radius 3 is 2.26 bits per heavy atom. The Morgan fingerprint density at radius 2 is 1.57 bits per heavy atom. The molecule has 1 spiro atoms. The van der Waals surface area contributed by atoms with E-state index in [1.54, 1.807) is 26.5 Å². The predicted octanol–water partition coefficient (Wildman–Crippen LogP) is 4.49. The van der Waals surface area contributed by atoms with Gasteiger partial charge in [0.1, 0.15) is 11.8 Å². The third kappa shape index (κ3) is 5.55. The molecule has 0 bridgehead atoms. The van der Waals surface area contributed by atoms with E-state index in [-0.39, 0.29) is 29.6 Å². The Balaban J connectivity index is 1.29. The number of likely N-dealkylation sites (tertiary alicyclic amines) is 1. The number of hydrogen-bond acceptors (Lipinski definition) is 6. The summed E-state index contributed by atoms with van der Waals surface area (Å²) >= 11 is 1.55. The molecular weight excluding hydrogens is 611 g/mol. The Labute approximate surface area is 279 Å². The zero-order chi connectivity index (χ0) is 32.5. The minimum absolute atomic E-state index is 0.137. The van der Waals surface area contributed by atoms with Gasteiger partial charge in [-0.1, -0.05) is 85.0 Å². The van der Waals surface area contributed by atoms with E-state index >= 15 is 0 Å². The molecule has 47 heavy (non-hydrogen) atoms. The van der Waals surface area contributed by atoms with Crippen LogP contribution in [0.3, 0.4) is 0 Å². The number of nitrogens with zero attached hydrogens (tertiary/aromatic N) is 3. The van der Waals surface area contributed by atoms with Gasteiger partial charge < -0.3 is 24.5 Å². The lowest BCUT2D eigenvalue weighted by atomic mass is 9.78. The van der Waals surface area contributed by atoms with Crippen molar-refractivity contribution in [3.63, 3.8) is 0 Å². The number of aliphatic hydroxyl groups excluding tert-OH is 1. The van der Waals surface area contributed by atoms with Gasteiger partial charge in [0.15, 0.2) is 0 Å². The normalized spacial score (nSPS) is 27.3. The molecule has 3 amide bonds. The second-order valence-corrected chi connectivity index (χ2v) is 14.0. The summed E-state index contributed by atoms with van der Waals surface area (Å²) in [4.78, 5) is 49.5. The Bertz CT molecular complexity index is 1680. The SMILES string of the molecule is CCOc1ccc(N2CC=C[C@H]3S[C@]45C=CCN(Cc6ccccc6)C(=O)C4N([C@@H](CO)Cc4ccccc4)C(=O)[C@@H]5[C@H]3C2=O)cc1. The highest BCUT2D eigenvalue weighted by molar-refractivity contribution is 8.02. The molecule has 3 aromatic carbocycles. The van der Waals surface area contributed by atoms with Gasteiger partial charge in [0.25, 0.3) is 0 Å². The molecule has 0 aliphatic carbocycles. The molecule has 6 atom stereocenters. The van der Waals surface area contributed by atoms with E-state index in [0.717, 1.165) is 22.6 Å². The quantitative estimate of drug-likeness (QED) is 0.344. The lowest BCUT2D eigenvalue weighted by Crippen LogP contribution is -2.56. The van der Waals surface area contributed by atoms with Crippen molar-refractivity contribution < 1.29 is 24.2 Å². The average Bonchev–Trinajstić information content (AvgIpc) is 3.42. The van der Waals surface area contributed by atoms with Crippen LogP contribution in [-0.4, -0.2) is 81.0 Å². The number of hydrogen-bond donors (Lipinski definition) is 1. The van der Waals surface area contributed by atoms with E-state index in [2.05, 4.69) is 0 Å². The third-order valence-electron chi connectivity index (χ3n) is 9.77. The monoisotopic (exact) mass is 649 g/mol. The number of carbonyl (C=O) groups is 3. The van der Waals surface area contributed by atoms with Crippen LogP contribution < -0.4 is 9.64 Å². The average molecular weight is 650 g/mol. The highest BCUT2D eigenvalue weighted by Gasteiger charge is 2.71. The molecule has 0 aromatic heterocycles. The predicted molar refractivity (Wildman–Crippen MR) is 183 cm³/mol. The van der Waals surface area contributed by atoms with Gasteiger partial charge in [0.05, 0.1) is 35.8 Å². The molecule has 0 radical (unpaired) electrons. The standard InChI is InChI=1S/C38H39N3O5S/c1-2-46-30-18-16-28(17-19-30)40-22-9-15-31-32(35(40)43)33-36(44)41(29(25-42)23-26-11-5-3-6-12-26)34-37(45)39(21-10-20-38(33,34)47-31)24-27-13-7-4-8-14-27/h3-20,29,31-34,42H,2,21-25H2,1H3/t29-,31-,32+,33+,34?,38+/m1/s1. The second kappa shape index (κ2) is 13.0. The first kappa shape index (κ1) is 31.3. The van der Waals surface area contributed by atoms with Gasteiger partial charge in [-0.15, -0.1) is 11.8 Å². The first-order valence-corrected chi connectivity index (χ1v) is 17.2. The zero-order valence-corrected chi connectivity index (χ0v) is 27.2. The summed E-state index contributed by atoms with van der Waals surface area (Å²) < 4.78 is 4.65. The Hall–Kier alpha value is -4.34. The van der Waals surface area contributed by atoms with Gasteiger partial charge in [-0.3, -0.25) is 14.4 Å². The summed E-state index contributed by atoms with van der Waals surface area (Å²) in [5.41, 5.74) is 2.69. The molecule has 4 aliphatic rings. The molecule has 7 rings (SSSR count). The highest BCUT2D eigenvalue weighted by Crippen LogP contribution is 2.61. The zero-order valence-electron chi connectivity index (χ0n) is 26.4. The van der Waals surface area contributed by atoms with Gasteiger partial charge >= 0.3 is 0 Å². The maximum absolute atomic E-state index is 14.9. The minimum Gasteiger partial charge on any atom is -0.494 e. The molecule has 4 heterocycles. The summed E-state index contributed by atoms with van der Waals surface area (Å²) in [5, 5.41) is 10.5. The highest BCUT2D eigenvalue weighted by atomic mass is 32.2. The van der Waals surface area contributed by atoms with Crippen LogP contribution in [0.5, 0.6) is 5.75 Å². The number of ether oxygens (including phenoxy) is 1. The first-order valence-electron chi connectivity index (χ1n) is 16.3. The maximum Gasteiger partial charge on any atom is 0.247 e. The van der Waals surface area contributed by atoms with Crippen molar-refractivity contribution in [1.82, 2.24) is 9.80 Å². The van der Waals surface area contributed by atoms with E-state index in [1.807, 2.05) is 116 Å². The molecule has 9 heteroatoms. The van der Waals surface area contributed by atoms with Gasteiger partial charge in [-0.25, -0.2) is 0 Å². The van der Waals surface area contributed by atoms with Crippen molar-refractivity contribution in [1.29, 1.82) is 0 Å². The minimum atomic E-state index is -0.971. The largest absolute Gasteiger partial charge is 0.494 e. The van der Waals surface area contributed by atoms with Crippen LogP contribution in [0.4, 0.5) is 5.69 Å². The summed E-state index contributed by atoms with van der Waals surface area (Å²) in [6.45, 7) is 3.34. The summed E-state index contributed by atoms with van der Waals surface area (Å²) in [6.07, 6.45) is 8.45. The number of amides is 3. The molecule has 0 saturated carbocycles. The van der Waals surface area contributed by atoms with E-state index in [1.165, 1.54) is 0 Å². The molecule has 1 N–H and O–H groups in total. The lowest BCUT2D eigenvalue weighted by Gasteiger charge is -2.38. The van der Waals surface area contributed by atoms with Crippen LogP contribution in [0.2, 0.25) is 0 Å². The van der Waals surface area contributed by atoms with Crippen LogP contribution in [0.15, 0.2) is 109 Å². The van der Waals surface area contributed by atoms with E-state index < -0.39 is 28.7 Å². The van der Waals surface area contributed by atoms with Crippen LogP contribution in [0.1, 0.15) is 18.1 Å². The smallest absolute Gasteiger partial charge is 0.247 e. The fraction of sp³-hybridized carbons (Fsp3) is 0.342. The van der Waals surface area contributed by atoms with Crippen LogP contribution >= 0.6 is 11.8 Å². The molecule has 2 saturated heterocycles. The molecule has 242 valence electrons. The van der Waals surface area contributed by atoms with Gasteiger partial charge in [0, 0.05) is 30.6 Å². The molecule has 8 nitrogen and oxygen atoms in total. The van der Waals surface area contributed by atoms with Crippen molar-refractivity contribution in [3.8, 4) is 5.75 Å². The lowest BCUT2D eigenvalue weighted by molar-refractivity contribution is -0.145. The van der Waals surface area contributed by atoms with Crippen molar-refractivity contribution in [3.05, 3.63) is 120 Å². The molecule has 3 aromatic rings. The summed E-state index contributed by atoms with van der Waals surface area (Å²) in [5.74, 6) is -1.28. The molecular formula is C38H39N3O5S. The number of thioether (sulfide) groups is 1. The van der Waals surface area contributed by atoms with Gasteiger partial charge in [-0.2, -0.15) is 0 Å². The summed E-state index contributed by atoms with van der Waals surface area (Å²) in [6, 6.07) is 25.5. The van der Waals surface area contributed by atoms with Gasteiger partial charge in [0.2, 0.25) is 17.7 Å². The van der Waals surface area contributed by atoms with Crippen LogP contribution in [-0.2, 0) is 27.3 Å². The van der Waals surface area contributed by atoms with Crippen molar-refractivity contribution >= 4 is 35.2 Å². The maximum atomic E-state index is 14.9. The second-order valence-electron chi connectivity index (χ2n) is 12.5. The number of aliphatic hydroxyl groups is 1. The Morgan fingerprint density at radius 1 is 0.872 bits per heavy atom. The number of benzene rings is 3. The molecule has 4 aliphatic heterocycles. The van der Waals surface area contributed by atoms with Gasteiger partial charge in [-0.05, 0) is 48.7 Å². The van der Waals surface area contributed by atoms with Crippen molar-refractivity contribution in [2.45, 2.75) is 42.0 Å². The van der Waals surface area contributed by atoms with E-state index in [4.69, 9.17) is 4.74 Å². The van der Waals surface area contributed by atoms with Crippen molar-refractivity contribution in [2.75, 3.05) is 31.2 Å². The van der Waals surface area contributed by atoms with E-state index in [9.17, 15) is 19.5 Å². The Kier molecular flexibility index (Phi) is 8.68. The number of anilines is 1.